The van der Waals surface area contributed by atoms with Crippen LogP contribution < -0.4 is 5.32 Å². The maximum absolute atomic E-state index is 13.0. The SMILES string of the molecule is CN(CC(=O)Nc1cccc(F)c1)C1CCS(=O)(=O)C1. The molecule has 1 unspecified atom stereocenters. The lowest BCUT2D eigenvalue weighted by Gasteiger charge is -2.22. The van der Waals surface area contributed by atoms with Crippen LogP contribution in [0.4, 0.5) is 10.1 Å². The molecular formula is C13H17FN2O3S. The minimum Gasteiger partial charge on any atom is -0.325 e. The number of nitrogens with one attached hydrogen (secondary N) is 1. The van der Waals surface area contributed by atoms with Crippen LogP contribution in [0.15, 0.2) is 24.3 Å². The largest absolute Gasteiger partial charge is 0.325 e. The van der Waals surface area contributed by atoms with E-state index < -0.39 is 15.7 Å². The first-order valence-corrected chi connectivity index (χ1v) is 8.14. The third-order valence-corrected chi connectivity index (χ3v) is 5.08. The van der Waals surface area contributed by atoms with E-state index in [4.69, 9.17) is 0 Å². The van der Waals surface area contributed by atoms with Gasteiger partial charge >= 0.3 is 0 Å². The fraction of sp³-hybridized carbons (Fsp3) is 0.462. The van der Waals surface area contributed by atoms with Crippen LogP contribution in [0.25, 0.3) is 0 Å². The lowest BCUT2D eigenvalue weighted by Crippen LogP contribution is -2.38. The first-order valence-electron chi connectivity index (χ1n) is 6.32. The van der Waals surface area contributed by atoms with E-state index in [1.54, 1.807) is 18.0 Å². The molecule has 1 amide bonds. The van der Waals surface area contributed by atoms with Gasteiger partial charge < -0.3 is 5.32 Å². The van der Waals surface area contributed by atoms with E-state index in [0.29, 0.717) is 12.1 Å². The van der Waals surface area contributed by atoms with Gasteiger partial charge in [-0.15, -0.1) is 0 Å². The third kappa shape index (κ3) is 4.01. The van der Waals surface area contributed by atoms with Gasteiger partial charge in [0.05, 0.1) is 18.1 Å². The summed E-state index contributed by atoms with van der Waals surface area (Å²) in [5.74, 6) is -0.440. The summed E-state index contributed by atoms with van der Waals surface area (Å²) in [5, 5.41) is 2.59. The molecule has 1 aromatic rings. The summed E-state index contributed by atoms with van der Waals surface area (Å²) in [6.07, 6.45) is 0.548. The lowest BCUT2D eigenvalue weighted by atomic mass is 10.2. The Morgan fingerprint density at radius 2 is 2.25 bits per heavy atom. The normalized spacial score (nSPS) is 21.1. The Hall–Kier alpha value is -1.47. The zero-order valence-corrected chi connectivity index (χ0v) is 12.0. The average molecular weight is 300 g/mol. The molecule has 1 fully saturated rings. The molecule has 20 heavy (non-hydrogen) atoms. The molecule has 1 aliphatic rings. The van der Waals surface area contributed by atoms with Crippen LogP contribution >= 0.6 is 0 Å². The van der Waals surface area contributed by atoms with Gasteiger partial charge in [-0.05, 0) is 31.7 Å². The zero-order chi connectivity index (χ0) is 14.8. The Kier molecular flexibility index (Phi) is 4.39. The van der Waals surface area contributed by atoms with Gasteiger partial charge in [0.1, 0.15) is 5.82 Å². The number of hydrogen-bond donors (Lipinski definition) is 1. The highest BCUT2D eigenvalue weighted by molar-refractivity contribution is 7.91. The topological polar surface area (TPSA) is 66.5 Å². The number of hydrogen-bond acceptors (Lipinski definition) is 4. The molecule has 2 rings (SSSR count). The van der Waals surface area contributed by atoms with E-state index in [2.05, 4.69) is 5.32 Å². The monoisotopic (exact) mass is 300 g/mol. The number of likely N-dealkylation sites (N-methyl/N-ethyl adjacent to an activating group) is 1. The molecule has 7 heteroatoms. The number of amides is 1. The van der Waals surface area contributed by atoms with Crippen molar-refractivity contribution in [3.63, 3.8) is 0 Å². The highest BCUT2D eigenvalue weighted by Crippen LogP contribution is 2.16. The van der Waals surface area contributed by atoms with Gasteiger partial charge in [-0.3, -0.25) is 9.69 Å². The Morgan fingerprint density at radius 3 is 2.85 bits per heavy atom. The van der Waals surface area contributed by atoms with E-state index in [9.17, 15) is 17.6 Å². The molecule has 110 valence electrons. The Morgan fingerprint density at radius 1 is 1.50 bits per heavy atom. The fourth-order valence-corrected chi connectivity index (χ4v) is 4.05. The minimum absolute atomic E-state index is 0.0801. The second-order valence-corrected chi connectivity index (χ2v) is 7.26. The highest BCUT2D eigenvalue weighted by Gasteiger charge is 2.31. The summed E-state index contributed by atoms with van der Waals surface area (Å²) in [7, 11) is -1.24. The van der Waals surface area contributed by atoms with Gasteiger partial charge in [0, 0.05) is 11.7 Å². The van der Waals surface area contributed by atoms with Crippen LogP contribution in [-0.2, 0) is 14.6 Å². The second kappa shape index (κ2) is 5.88. The molecule has 0 radical (unpaired) electrons. The number of carbonyl (C=O) groups is 1. The van der Waals surface area contributed by atoms with Crippen LogP contribution in [0, 0.1) is 5.82 Å². The van der Waals surface area contributed by atoms with Crippen molar-refractivity contribution < 1.29 is 17.6 Å². The van der Waals surface area contributed by atoms with Gasteiger partial charge in [-0.25, -0.2) is 12.8 Å². The van der Waals surface area contributed by atoms with Gasteiger partial charge in [0.25, 0.3) is 0 Å². The molecule has 0 aromatic heterocycles. The van der Waals surface area contributed by atoms with Crippen LogP contribution in [-0.4, -0.2) is 50.4 Å². The molecule has 1 saturated heterocycles. The number of carbonyl (C=O) groups excluding carboxylic acids is 1. The molecule has 0 saturated carbocycles. The van der Waals surface area contributed by atoms with Crippen molar-refractivity contribution in [1.82, 2.24) is 4.90 Å². The van der Waals surface area contributed by atoms with Crippen LogP contribution in [0.1, 0.15) is 6.42 Å². The lowest BCUT2D eigenvalue weighted by molar-refractivity contribution is -0.117. The van der Waals surface area contributed by atoms with Crippen molar-refractivity contribution >= 4 is 21.4 Å². The predicted octanol–water partition coefficient (Wildman–Crippen LogP) is 0.883. The quantitative estimate of drug-likeness (QED) is 0.896. The van der Waals surface area contributed by atoms with Crippen molar-refractivity contribution in [2.45, 2.75) is 12.5 Å². The maximum atomic E-state index is 13.0. The summed E-state index contributed by atoms with van der Waals surface area (Å²) in [6, 6.07) is 5.51. The zero-order valence-electron chi connectivity index (χ0n) is 11.2. The van der Waals surface area contributed by atoms with Gasteiger partial charge in [0.2, 0.25) is 5.91 Å². The van der Waals surface area contributed by atoms with Crippen LogP contribution in [0.5, 0.6) is 0 Å². The van der Waals surface area contributed by atoms with E-state index in [-0.39, 0.29) is 30.0 Å². The number of rotatable bonds is 4. The van der Waals surface area contributed by atoms with Crippen molar-refractivity contribution in [1.29, 1.82) is 0 Å². The minimum atomic E-state index is -2.96. The van der Waals surface area contributed by atoms with E-state index in [1.807, 2.05) is 0 Å². The smallest absolute Gasteiger partial charge is 0.238 e. The Bertz CT molecular complexity index is 603. The molecule has 1 aliphatic heterocycles. The molecule has 5 nitrogen and oxygen atoms in total. The van der Waals surface area contributed by atoms with Crippen LogP contribution in [0.3, 0.4) is 0 Å². The van der Waals surface area contributed by atoms with Crippen LogP contribution in [0.2, 0.25) is 0 Å². The van der Waals surface area contributed by atoms with E-state index >= 15 is 0 Å². The standard InChI is InChI=1S/C13H17FN2O3S/c1-16(12-5-6-20(18,19)9-12)8-13(17)15-11-4-2-3-10(14)7-11/h2-4,7,12H,5-6,8-9H2,1H3,(H,15,17). The average Bonchev–Trinajstić information content (AvgIpc) is 2.69. The molecule has 0 bridgehead atoms. The molecule has 1 atom stereocenters. The molecule has 1 N–H and O–H groups in total. The van der Waals surface area contributed by atoms with E-state index in [1.165, 1.54) is 18.2 Å². The molecular weight excluding hydrogens is 283 g/mol. The van der Waals surface area contributed by atoms with Crippen molar-refractivity contribution in [3.8, 4) is 0 Å². The number of sulfone groups is 1. The molecule has 0 aliphatic carbocycles. The van der Waals surface area contributed by atoms with Gasteiger partial charge in [-0.2, -0.15) is 0 Å². The number of nitrogens with zero attached hydrogens (tertiary/aromatic N) is 1. The molecule has 0 spiro atoms. The first-order chi connectivity index (χ1) is 9.35. The molecule has 1 aromatic carbocycles. The van der Waals surface area contributed by atoms with Crippen molar-refractivity contribution in [2.24, 2.45) is 0 Å². The highest BCUT2D eigenvalue weighted by atomic mass is 32.2. The third-order valence-electron chi connectivity index (χ3n) is 3.33. The number of halogens is 1. The van der Waals surface area contributed by atoms with E-state index in [0.717, 1.165) is 0 Å². The molecule has 1 heterocycles. The van der Waals surface area contributed by atoms with Gasteiger partial charge in [-0.1, -0.05) is 6.07 Å². The summed E-state index contributed by atoms with van der Waals surface area (Å²) in [5.41, 5.74) is 0.391. The summed E-state index contributed by atoms with van der Waals surface area (Å²) in [6.45, 7) is 0.0801. The second-order valence-electron chi connectivity index (χ2n) is 5.03. The first kappa shape index (κ1) is 14.9. The summed E-state index contributed by atoms with van der Waals surface area (Å²) >= 11 is 0. The number of anilines is 1. The Labute approximate surface area is 117 Å². The summed E-state index contributed by atoms with van der Waals surface area (Å²) < 4.78 is 35.8. The maximum Gasteiger partial charge on any atom is 0.238 e. The predicted molar refractivity (Wildman–Crippen MR) is 74.7 cm³/mol. The summed E-state index contributed by atoms with van der Waals surface area (Å²) in [4.78, 5) is 13.5. The Balaban J connectivity index is 1.88. The fourth-order valence-electron chi connectivity index (χ4n) is 2.25. The van der Waals surface area contributed by atoms with Crippen molar-refractivity contribution in [2.75, 3.05) is 30.4 Å². The van der Waals surface area contributed by atoms with Gasteiger partial charge in [0.15, 0.2) is 9.84 Å². The number of benzene rings is 1. The van der Waals surface area contributed by atoms with Crippen molar-refractivity contribution in [3.05, 3.63) is 30.1 Å².